The standard InChI is InChI=1S/C14H15N3O2/c1-8-3-5-11(15)13(9(8)2)17-14(19)10-4-6-12(18)16-7-10/h3-7H,15H2,1-2H3,(H,16,18)(H,17,19). The van der Waals surface area contributed by atoms with Crippen molar-refractivity contribution in [2.24, 2.45) is 0 Å². The minimum Gasteiger partial charge on any atom is -0.397 e. The Labute approximate surface area is 110 Å². The number of aryl methyl sites for hydroxylation is 1. The number of carbonyl (C=O) groups is 1. The molecule has 1 aromatic carbocycles. The average molecular weight is 257 g/mol. The van der Waals surface area contributed by atoms with Gasteiger partial charge in [0.1, 0.15) is 0 Å². The van der Waals surface area contributed by atoms with E-state index in [1.165, 1.54) is 18.3 Å². The maximum absolute atomic E-state index is 12.1. The Morgan fingerprint density at radius 2 is 1.95 bits per heavy atom. The third-order valence-electron chi connectivity index (χ3n) is 3.05. The molecule has 1 amide bonds. The zero-order chi connectivity index (χ0) is 14.0. The fourth-order valence-electron chi connectivity index (χ4n) is 1.74. The van der Waals surface area contributed by atoms with Crippen LogP contribution in [0.3, 0.4) is 0 Å². The Bertz CT molecular complexity index is 669. The van der Waals surface area contributed by atoms with E-state index < -0.39 is 0 Å². The summed E-state index contributed by atoms with van der Waals surface area (Å²) in [4.78, 5) is 25.5. The number of benzene rings is 1. The SMILES string of the molecule is Cc1ccc(N)c(NC(=O)c2ccc(=O)[nH]c2)c1C. The van der Waals surface area contributed by atoms with Crippen LogP contribution in [0.25, 0.3) is 0 Å². The lowest BCUT2D eigenvalue weighted by atomic mass is 10.1. The quantitative estimate of drug-likeness (QED) is 0.717. The molecule has 19 heavy (non-hydrogen) atoms. The summed E-state index contributed by atoms with van der Waals surface area (Å²) >= 11 is 0. The molecule has 0 fully saturated rings. The van der Waals surface area contributed by atoms with Crippen molar-refractivity contribution in [3.8, 4) is 0 Å². The van der Waals surface area contributed by atoms with Gasteiger partial charge in [0, 0.05) is 12.3 Å². The number of aromatic nitrogens is 1. The summed E-state index contributed by atoms with van der Waals surface area (Å²) in [5.41, 5.74) is 9.09. The molecule has 1 aromatic heterocycles. The maximum Gasteiger partial charge on any atom is 0.257 e. The second kappa shape index (κ2) is 4.97. The van der Waals surface area contributed by atoms with E-state index in [-0.39, 0.29) is 11.5 Å². The summed E-state index contributed by atoms with van der Waals surface area (Å²) in [5, 5.41) is 2.77. The third kappa shape index (κ3) is 2.65. The van der Waals surface area contributed by atoms with Crippen LogP contribution in [-0.2, 0) is 0 Å². The molecule has 0 radical (unpaired) electrons. The van der Waals surface area contributed by atoms with Crippen molar-refractivity contribution in [2.45, 2.75) is 13.8 Å². The largest absolute Gasteiger partial charge is 0.397 e. The number of rotatable bonds is 2. The second-order valence-electron chi connectivity index (χ2n) is 4.37. The molecule has 0 aliphatic heterocycles. The highest BCUT2D eigenvalue weighted by atomic mass is 16.1. The summed E-state index contributed by atoms with van der Waals surface area (Å²) in [6.45, 7) is 3.85. The van der Waals surface area contributed by atoms with E-state index in [1.54, 1.807) is 6.07 Å². The Kier molecular flexibility index (Phi) is 3.37. The van der Waals surface area contributed by atoms with Gasteiger partial charge in [-0.05, 0) is 37.1 Å². The van der Waals surface area contributed by atoms with Crippen LogP contribution in [0.5, 0.6) is 0 Å². The van der Waals surface area contributed by atoms with Crippen molar-refractivity contribution >= 4 is 17.3 Å². The van der Waals surface area contributed by atoms with Gasteiger partial charge in [-0.15, -0.1) is 0 Å². The Morgan fingerprint density at radius 1 is 1.21 bits per heavy atom. The zero-order valence-electron chi connectivity index (χ0n) is 10.8. The third-order valence-corrected chi connectivity index (χ3v) is 3.05. The van der Waals surface area contributed by atoms with Gasteiger partial charge < -0.3 is 16.0 Å². The highest BCUT2D eigenvalue weighted by Crippen LogP contribution is 2.26. The zero-order valence-corrected chi connectivity index (χ0v) is 10.8. The van der Waals surface area contributed by atoms with Gasteiger partial charge >= 0.3 is 0 Å². The summed E-state index contributed by atoms with van der Waals surface area (Å²) in [6, 6.07) is 6.43. The number of hydrogen-bond acceptors (Lipinski definition) is 3. The van der Waals surface area contributed by atoms with Crippen molar-refractivity contribution < 1.29 is 4.79 Å². The van der Waals surface area contributed by atoms with Crippen molar-refractivity contribution in [1.29, 1.82) is 0 Å². The molecule has 0 aliphatic carbocycles. The normalized spacial score (nSPS) is 10.2. The van der Waals surface area contributed by atoms with Crippen LogP contribution in [0, 0.1) is 13.8 Å². The Morgan fingerprint density at radius 3 is 2.58 bits per heavy atom. The molecule has 2 aromatic rings. The molecule has 1 heterocycles. The minimum absolute atomic E-state index is 0.247. The molecule has 0 saturated heterocycles. The summed E-state index contributed by atoms with van der Waals surface area (Å²) in [7, 11) is 0. The van der Waals surface area contributed by atoms with E-state index in [0.29, 0.717) is 16.9 Å². The van der Waals surface area contributed by atoms with Crippen molar-refractivity contribution in [1.82, 2.24) is 4.98 Å². The number of carbonyl (C=O) groups excluding carboxylic acids is 1. The number of anilines is 2. The lowest BCUT2D eigenvalue weighted by Gasteiger charge is -2.13. The molecule has 4 N–H and O–H groups in total. The molecule has 5 heteroatoms. The first-order valence-corrected chi connectivity index (χ1v) is 5.85. The molecule has 5 nitrogen and oxygen atoms in total. The topological polar surface area (TPSA) is 88.0 Å². The number of nitrogens with two attached hydrogens (primary N) is 1. The van der Waals surface area contributed by atoms with Crippen LogP contribution in [0.2, 0.25) is 0 Å². The number of hydrogen-bond donors (Lipinski definition) is 3. The van der Waals surface area contributed by atoms with Crippen molar-refractivity contribution in [3.05, 3.63) is 57.5 Å². The lowest BCUT2D eigenvalue weighted by Crippen LogP contribution is -2.16. The van der Waals surface area contributed by atoms with E-state index in [9.17, 15) is 9.59 Å². The van der Waals surface area contributed by atoms with Crippen molar-refractivity contribution in [3.63, 3.8) is 0 Å². The van der Waals surface area contributed by atoms with Crippen LogP contribution < -0.4 is 16.6 Å². The Balaban J connectivity index is 2.31. The van der Waals surface area contributed by atoms with Crippen LogP contribution in [0.15, 0.2) is 35.3 Å². The molecule has 0 aliphatic rings. The molecule has 0 atom stereocenters. The van der Waals surface area contributed by atoms with Gasteiger partial charge in [0.15, 0.2) is 0 Å². The number of pyridine rings is 1. The molecule has 0 saturated carbocycles. The predicted molar refractivity (Wildman–Crippen MR) is 75.3 cm³/mol. The maximum atomic E-state index is 12.1. The smallest absolute Gasteiger partial charge is 0.257 e. The first kappa shape index (κ1) is 12.9. The summed E-state index contributed by atoms with van der Waals surface area (Å²) < 4.78 is 0. The van der Waals surface area contributed by atoms with E-state index >= 15 is 0 Å². The summed E-state index contributed by atoms with van der Waals surface area (Å²) in [6.07, 6.45) is 1.37. The van der Waals surface area contributed by atoms with Crippen LogP contribution in [-0.4, -0.2) is 10.9 Å². The number of nitrogens with one attached hydrogen (secondary N) is 2. The fraction of sp³-hybridized carbons (Fsp3) is 0.143. The van der Waals surface area contributed by atoms with Gasteiger partial charge in [0.25, 0.3) is 5.91 Å². The number of aromatic amines is 1. The number of amides is 1. The van der Waals surface area contributed by atoms with E-state index in [1.807, 2.05) is 19.9 Å². The molecule has 0 unspecified atom stereocenters. The van der Waals surface area contributed by atoms with Gasteiger partial charge in [-0.2, -0.15) is 0 Å². The summed E-state index contributed by atoms with van der Waals surface area (Å²) in [5.74, 6) is -0.309. The molecular weight excluding hydrogens is 242 g/mol. The van der Waals surface area contributed by atoms with E-state index in [4.69, 9.17) is 5.73 Å². The van der Waals surface area contributed by atoms with Gasteiger partial charge in [-0.25, -0.2) is 0 Å². The number of nitrogen functional groups attached to an aromatic ring is 1. The van der Waals surface area contributed by atoms with Crippen LogP contribution in [0.1, 0.15) is 21.5 Å². The monoisotopic (exact) mass is 257 g/mol. The molecule has 98 valence electrons. The molecule has 2 rings (SSSR count). The van der Waals surface area contributed by atoms with Gasteiger partial charge in [-0.3, -0.25) is 9.59 Å². The van der Waals surface area contributed by atoms with Gasteiger partial charge in [0.2, 0.25) is 5.56 Å². The second-order valence-corrected chi connectivity index (χ2v) is 4.37. The first-order valence-electron chi connectivity index (χ1n) is 5.85. The average Bonchev–Trinajstić information content (AvgIpc) is 2.40. The molecule has 0 spiro atoms. The highest BCUT2D eigenvalue weighted by Gasteiger charge is 2.11. The highest BCUT2D eigenvalue weighted by molar-refractivity contribution is 6.06. The van der Waals surface area contributed by atoms with Crippen LogP contribution >= 0.6 is 0 Å². The fourth-order valence-corrected chi connectivity index (χ4v) is 1.74. The first-order chi connectivity index (χ1) is 8.99. The van der Waals surface area contributed by atoms with E-state index in [0.717, 1.165) is 11.1 Å². The van der Waals surface area contributed by atoms with E-state index in [2.05, 4.69) is 10.3 Å². The molecular formula is C14H15N3O2. The predicted octanol–water partition coefficient (Wildman–Crippen LogP) is 1.83. The Hall–Kier alpha value is -2.56. The minimum atomic E-state index is -0.309. The lowest BCUT2D eigenvalue weighted by molar-refractivity contribution is 0.102. The van der Waals surface area contributed by atoms with Crippen molar-refractivity contribution in [2.75, 3.05) is 11.1 Å². The van der Waals surface area contributed by atoms with Gasteiger partial charge in [-0.1, -0.05) is 6.07 Å². The molecule has 0 bridgehead atoms. The van der Waals surface area contributed by atoms with Crippen LogP contribution in [0.4, 0.5) is 11.4 Å². The van der Waals surface area contributed by atoms with Gasteiger partial charge in [0.05, 0.1) is 16.9 Å². The number of H-pyrrole nitrogens is 1.